The number of carbonyl (C=O) groups excluding carboxylic acids is 1. The molecule has 154 valence electrons. The first-order chi connectivity index (χ1) is 14.1. The lowest BCUT2D eigenvalue weighted by molar-refractivity contribution is -0.143. The highest BCUT2D eigenvalue weighted by molar-refractivity contribution is 5.66. The van der Waals surface area contributed by atoms with Crippen LogP contribution >= 0.6 is 0 Å². The number of nitrogens with zero attached hydrogens (tertiary/aromatic N) is 2. The number of esters is 1. The first-order valence-electron chi connectivity index (χ1n) is 10.5. The van der Waals surface area contributed by atoms with Crippen molar-refractivity contribution in [2.75, 3.05) is 37.7 Å². The molecule has 0 radical (unpaired) electrons. The fraction of sp³-hybridized carbons (Fsp3) is 0.458. The minimum Gasteiger partial charge on any atom is -0.465 e. The molecule has 2 aliphatic rings. The summed E-state index contributed by atoms with van der Waals surface area (Å²) in [4.78, 5) is 16.4. The van der Waals surface area contributed by atoms with Gasteiger partial charge in [-0.2, -0.15) is 0 Å². The van der Waals surface area contributed by atoms with E-state index in [-0.39, 0.29) is 17.7 Å². The third kappa shape index (κ3) is 4.78. The Kier molecular flexibility index (Phi) is 6.14. The molecule has 0 saturated carbocycles. The Morgan fingerprint density at radius 1 is 1.14 bits per heavy atom. The SMILES string of the molecule is CC(=O)OC[C@H]1CN(CCc2ccc(F)cc2)CC[C@H]1N1CCc2ccccc21. The predicted octanol–water partition coefficient (Wildman–Crippen LogP) is 3.68. The summed E-state index contributed by atoms with van der Waals surface area (Å²) in [7, 11) is 0. The summed E-state index contributed by atoms with van der Waals surface area (Å²) in [5.74, 6) is -0.122. The zero-order chi connectivity index (χ0) is 20.2. The van der Waals surface area contributed by atoms with Gasteiger partial charge >= 0.3 is 5.97 Å². The van der Waals surface area contributed by atoms with Crippen molar-refractivity contribution in [3.8, 4) is 0 Å². The number of para-hydroxylation sites is 1. The van der Waals surface area contributed by atoms with Crippen LogP contribution in [-0.2, 0) is 22.4 Å². The summed E-state index contributed by atoms with van der Waals surface area (Å²) in [6.07, 6.45) is 3.04. The molecule has 2 aliphatic heterocycles. The number of hydrogen-bond donors (Lipinski definition) is 0. The normalized spacial score (nSPS) is 21.8. The largest absolute Gasteiger partial charge is 0.465 e. The van der Waals surface area contributed by atoms with Crippen molar-refractivity contribution in [1.29, 1.82) is 0 Å². The number of benzene rings is 2. The Labute approximate surface area is 172 Å². The van der Waals surface area contributed by atoms with Gasteiger partial charge in [-0.15, -0.1) is 0 Å². The fourth-order valence-electron chi connectivity index (χ4n) is 4.74. The van der Waals surface area contributed by atoms with Gasteiger partial charge in [-0.25, -0.2) is 4.39 Å². The van der Waals surface area contributed by atoms with Gasteiger partial charge in [0.1, 0.15) is 5.82 Å². The Morgan fingerprint density at radius 2 is 1.93 bits per heavy atom. The topological polar surface area (TPSA) is 32.8 Å². The fourth-order valence-corrected chi connectivity index (χ4v) is 4.74. The summed E-state index contributed by atoms with van der Waals surface area (Å²) < 4.78 is 18.6. The molecule has 0 unspecified atom stereocenters. The van der Waals surface area contributed by atoms with Crippen LogP contribution in [0.1, 0.15) is 24.5 Å². The second kappa shape index (κ2) is 8.95. The monoisotopic (exact) mass is 396 g/mol. The molecule has 1 fully saturated rings. The van der Waals surface area contributed by atoms with E-state index in [4.69, 9.17) is 4.74 Å². The van der Waals surface area contributed by atoms with Crippen molar-refractivity contribution in [3.63, 3.8) is 0 Å². The number of ether oxygens (including phenoxy) is 1. The highest BCUT2D eigenvalue weighted by atomic mass is 19.1. The minimum atomic E-state index is -0.214. The molecule has 4 nitrogen and oxygen atoms in total. The van der Waals surface area contributed by atoms with Crippen molar-refractivity contribution in [2.24, 2.45) is 5.92 Å². The summed E-state index contributed by atoms with van der Waals surface area (Å²) in [5.41, 5.74) is 3.90. The minimum absolute atomic E-state index is 0.193. The van der Waals surface area contributed by atoms with Crippen LogP contribution in [0.5, 0.6) is 0 Å². The molecule has 0 aromatic heterocycles. The number of rotatable bonds is 6. The summed E-state index contributed by atoms with van der Waals surface area (Å²) in [5, 5.41) is 0. The molecule has 5 heteroatoms. The third-order valence-electron chi connectivity index (χ3n) is 6.23. The van der Waals surface area contributed by atoms with Crippen LogP contribution in [-0.4, -0.2) is 49.7 Å². The van der Waals surface area contributed by atoms with Gasteiger partial charge in [0, 0.05) is 50.7 Å². The molecule has 0 bridgehead atoms. The summed E-state index contributed by atoms with van der Waals surface area (Å²) in [6.45, 7) is 5.86. The van der Waals surface area contributed by atoms with Crippen LogP contribution in [0.4, 0.5) is 10.1 Å². The third-order valence-corrected chi connectivity index (χ3v) is 6.23. The van der Waals surface area contributed by atoms with Gasteiger partial charge in [-0.3, -0.25) is 4.79 Å². The molecular formula is C24H29FN2O2. The molecule has 0 N–H and O–H groups in total. The molecule has 0 amide bonds. The van der Waals surface area contributed by atoms with Crippen LogP contribution in [0.15, 0.2) is 48.5 Å². The number of likely N-dealkylation sites (tertiary alicyclic amines) is 1. The Balaban J connectivity index is 1.42. The standard InChI is InChI=1S/C24H29FN2O2/c1-18(28)29-17-21-16-26(13-10-19-6-8-22(25)9-7-19)14-12-24(21)27-15-11-20-4-2-3-5-23(20)27/h2-9,21,24H,10-17H2,1H3/t21-,24-/m1/s1. The smallest absolute Gasteiger partial charge is 0.302 e. The van der Waals surface area contributed by atoms with Crippen LogP contribution < -0.4 is 4.90 Å². The number of carbonyl (C=O) groups is 1. The molecule has 2 aromatic rings. The lowest BCUT2D eigenvalue weighted by Gasteiger charge is -2.43. The second-order valence-electron chi connectivity index (χ2n) is 8.17. The maximum absolute atomic E-state index is 13.1. The highest BCUT2D eigenvalue weighted by Crippen LogP contribution is 2.34. The molecule has 29 heavy (non-hydrogen) atoms. The van der Waals surface area contributed by atoms with Gasteiger partial charge < -0.3 is 14.5 Å². The first kappa shape index (κ1) is 19.9. The Bertz CT molecular complexity index is 839. The molecular weight excluding hydrogens is 367 g/mol. The van der Waals surface area contributed by atoms with Crippen molar-refractivity contribution in [1.82, 2.24) is 4.90 Å². The lowest BCUT2D eigenvalue weighted by Crippen LogP contribution is -2.52. The quantitative estimate of drug-likeness (QED) is 0.698. The lowest BCUT2D eigenvalue weighted by atomic mass is 9.90. The molecule has 0 aliphatic carbocycles. The first-order valence-corrected chi connectivity index (χ1v) is 10.5. The molecule has 0 spiro atoms. The Morgan fingerprint density at radius 3 is 2.72 bits per heavy atom. The average molecular weight is 397 g/mol. The molecule has 2 atom stereocenters. The van der Waals surface area contributed by atoms with E-state index in [1.807, 2.05) is 12.1 Å². The highest BCUT2D eigenvalue weighted by Gasteiger charge is 2.36. The van der Waals surface area contributed by atoms with Crippen LogP contribution in [0, 0.1) is 11.7 Å². The maximum atomic E-state index is 13.1. The Hall–Kier alpha value is -2.40. The van der Waals surface area contributed by atoms with Crippen molar-refractivity contribution in [3.05, 3.63) is 65.5 Å². The summed E-state index contributed by atoms with van der Waals surface area (Å²) >= 11 is 0. The van der Waals surface area contributed by atoms with E-state index >= 15 is 0 Å². The van der Waals surface area contributed by atoms with E-state index in [0.29, 0.717) is 12.6 Å². The zero-order valence-corrected chi connectivity index (χ0v) is 17.0. The van der Waals surface area contributed by atoms with Gasteiger partial charge in [-0.05, 0) is 48.6 Å². The van der Waals surface area contributed by atoms with E-state index in [1.54, 1.807) is 0 Å². The second-order valence-corrected chi connectivity index (χ2v) is 8.17. The van der Waals surface area contributed by atoms with Gasteiger partial charge in [-0.1, -0.05) is 30.3 Å². The van der Waals surface area contributed by atoms with Crippen LogP contribution in [0.3, 0.4) is 0 Å². The average Bonchev–Trinajstić information content (AvgIpc) is 3.16. The molecule has 2 aromatic carbocycles. The number of hydrogen-bond acceptors (Lipinski definition) is 4. The van der Waals surface area contributed by atoms with E-state index in [9.17, 15) is 9.18 Å². The van der Waals surface area contributed by atoms with E-state index in [1.165, 1.54) is 30.3 Å². The number of fused-ring (bicyclic) bond motifs is 1. The van der Waals surface area contributed by atoms with Gasteiger partial charge in [0.2, 0.25) is 0 Å². The van der Waals surface area contributed by atoms with E-state index in [2.05, 4.69) is 34.1 Å². The number of piperidine rings is 1. The van der Waals surface area contributed by atoms with Gasteiger partial charge in [0.15, 0.2) is 0 Å². The summed E-state index contributed by atoms with van der Waals surface area (Å²) in [6, 6.07) is 15.8. The predicted molar refractivity (Wildman–Crippen MR) is 113 cm³/mol. The molecule has 2 heterocycles. The number of anilines is 1. The molecule has 1 saturated heterocycles. The van der Waals surface area contributed by atoms with Gasteiger partial charge in [0.05, 0.1) is 6.61 Å². The van der Waals surface area contributed by atoms with Crippen LogP contribution in [0.25, 0.3) is 0 Å². The maximum Gasteiger partial charge on any atom is 0.302 e. The van der Waals surface area contributed by atoms with Crippen molar-refractivity contribution >= 4 is 11.7 Å². The van der Waals surface area contributed by atoms with Crippen molar-refractivity contribution < 1.29 is 13.9 Å². The van der Waals surface area contributed by atoms with Crippen molar-refractivity contribution in [2.45, 2.75) is 32.2 Å². The van der Waals surface area contributed by atoms with E-state index < -0.39 is 0 Å². The number of halogens is 1. The zero-order valence-electron chi connectivity index (χ0n) is 17.0. The molecule has 4 rings (SSSR count). The van der Waals surface area contributed by atoms with E-state index in [0.717, 1.165) is 51.0 Å². The van der Waals surface area contributed by atoms with Gasteiger partial charge in [0.25, 0.3) is 0 Å². The van der Waals surface area contributed by atoms with Crippen LogP contribution in [0.2, 0.25) is 0 Å².